The van der Waals surface area contributed by atoms with E-state index in [-0.39, 0.29) is 0 Å². The number of rotatable bonds is 3. The molecule has 1 aliphatic carbocycles. The molecule has 0 bridgehead atoms. The average Bonchev–Trinajstić information content (AvgIpc) is 2.38. The largest absolute Gasteiger partial charge is 0.0877 e. The van der Waals surface area contributed by atoms with Crippen molar-refractivity contribution < 1.29 is 0 Å². The minimum absolute atomic E-state index is 0.844. The van der Waals surface area contributed by atoms with Gasteiger partial charge in [0.15, 0.2) is 0 Å². The van der Waals surface area contributed by atoms with Gasteiger partial charge in [-0.15, -0.1) is 0 Å². The minimum Gasteiger partial charge on any atom is -0.0877 e. The van der Waals surface area contributed by atoms with Crippen molar-refractivity contribution in [3.8, 4) is 0 Å². The van der Waals surface area contributed by atoms with E-state index in [0.717, 1.165) is 11.8 Å². The highest BCUT2D eigenvalue weighted by molar-refractivity contribution is 5.17. The molecule has 0 atom stereocenters. The molecule has 0 heteroatoms. The van der Waals surface area contributed by atoms with Gasteiger partial charge < -0.3 is 0 Å². The molecule has 0 spiro atoms. The molecule has 1 aliphatic rings. The maximum absolute atomic E-state index is 2.38. The molecule has 98 valence electrons. The third-order valence-electron chi connectivity index (χ3n) is 3.43. The zero-order chi connectivity index (χ0) is 13.1. The van der Waals surface area contributed by atoms with Crippen LogP contribution in [0.25, 0.3) is 0 Å². The maximum Gasteiger partial charge on any atom is -0.0203 e. The van der Waals surface area contributed by atoms with Gasteiger partial charge in [0.25, 0.3) is 0 Å². The third-order valence-corrected chi connectivity index (χ3v) is 3.43. The molecule has 1 fully saturated rings. The van der Waals surface area contributed by atoms with Crippen LogP contribution in [0.5, 0.6) is 0 Å². The van der Waals surface area contributed by atoms with E-state index in [2.05, 4.69) is 44.2 Å². The van der Waals surface area contributed by atoms with Crippen molar-refractivity contribution in [1.29, 1.82) is 0 Å². The monoisotopic (exact) mass is 234 g/mol. The Hall–Kier alpha value is -0.780. The van der Waals surface area contributed by atoms with Gasteiger partial charge in [-0.2, -0.15) is 0 Å². The zero-order valence-corrected chi connectivity index (χ0v) is 12.4. The minimum atomic E-state index is 0.844. The topological polar surface area (TPSA) is 0 Å². The van der Waals surface area contributed by atoms with E-state index in [4.69, 9.17) is 0 Å². The fourth-order valence-electron chi connectivity index (χ4n) is 2.23. The lowest BCUT2D eigenvalue weighted by atomic mass is 9.79. The summed E-state index contributed by atoms with van der Waals surface area (Å²) in [5, 5.41) is 0. The van der Waals surface area contributed by atoms with Crippen LogP contribution in [0.1, 0.15) is 60.3 Å². The molecule has 1 saturated carbocycles. The van der Waals surface area contributed by atoms with Gasteiger partial charge in [0, 0.05) is 0 Å². The second kappa shape index (κ2) is 10.4. The molecule has 0 aromatic carbocycles. The number of hydrogen-bond acceptors (Lipinski definition) is 0. The van der Waals surface area contributed by atoms with Gasteiger partial charge in [-0.25, -0.2) is 0 Å². The molecule has 0 nitrogen and oxygen atoms in total. The Morgan fingerprint density at radius 2 is 1.53 bits per heavy atom. The van der Waals surface area contributed by atoms with Crippen molar-refractivity contribution in [3.05, 3.63) is 36.0 Å². The highest BCUT2D eigenvalue weighted by Crippen LogP contribution is 2.32. The summed E-state index contributed by atoms with van der Waals surface area (Å²) >= 11 is 0. The first-order chi connectivity index (χ1) is 8.24. The van der Waals surface area contributed by atoms with Gasteiger partial charge in [-0.3, -0.25) is 0 Å². The fraction of sp³-hybridized carbons (Fsp3) is 0.647. The second-order valence-corrected chi connectivity index (χ2v) is 4.78. The van der Waals surface area contributed by atoms with E-state index in [1.54, 1.807) is 5.57 Å². The second-order valence-electron chi connectivity index (χ2n) is 4.78. The SMILES string of the molecule is CC.C\C=C/C=C\C=C(/C)C1CCC(C)CC1. The van der Waals surface area contributed by atoms with Crippen LogP contribution in [0.4, 0.5) is 0 Å². The summed E-state index contributed by atoms with van der Waals surface area (Å²) in [6, 6.07) is 0. The Bertz CT molecular complexity index is 247. The summed E-state index contributed by atoms with van der Waals surface area (Å²) in [6.45, 7) is 10.7. The highest BCUT2D eigenvalue weighted by atomic mass is 14.2. The summed E-state index contributed by atoms with van der Waals surface area (Å²) in [5.41, 5.74) is 1.56. The summed E-state index contributed by atoms with van der Waals surface area (Å²) in [6.07, 6.45) is 16.3. The molecule has 0 radical (unpaired) electrons. The third kappa shape index (κ3) is 7.20. The van der Waals surface area contributed by atoms with Crippen LogP contribution in [0, 0.1) is 11.8 Å². The van der Waals surface area contributed by atoms with E-state index in [1.807, 2.05) is 20.8 Å². The Morgan fingerprint density at radius 3 is 2.06 bits per heavy atom. The molecule has 1 rings (SSSR count). The van der Waals surface area contributed by atoms with Gasteiger partial charge in [0.2, 0.25) is 0 Å². The lowest BCUT2D eigenvalue weighted by Crippen LogP contribution is -2.12. The molecule has 17 heavy (non-hydrogen) atoms. The Labute approximate surface area is 109 Å². The summed E-state index contributed by atoms with van der Waals surface area (Å²) in [5.74, 6) is 1.80. The molecule has 0 heterocycles. The standard InChI is InChI=1S/C15H24.C2H6/c1-4-5-6-7-8-14(3)15-11-9-13(2)10-12-15;1-2/h4-8,13,15H,9-12H2,1-3H3;1-2H3/b5-4-,7-6-,14-8+;. The van der Waals surface area contributed by atoms with Crippen LogP contribution < -0.4 is 0 Å². The molecule has 0 saturated heterocycles. The molecule has 0 aliphatic heterocycles. The van der Waals surface area contributed by atoms with E-state index in [9.17, 15) is 0 Å². The summed E-state index contributed by atoms with van der Waals surface area (Å²) in [7, 11) is 0. The van der Waals surface area contributed by atoms with E-state index in [0.29, 0.717) is 0 Å². The van der Waals surface area contributed by atoms with Gasteiger partial charge >= 0.3 is 0 Å². The van der Waals surface area contributed by atoms with Crippen LogP contribution in [0.2, 0.25) is 0 Å². The van der Waals surface area contributed by atoms with Crippen molar-refractivity contribution in [1.82, 2.24) is 0 Å². The van der Waals surface area contributed by atoms with Crippen LogP contribution in [-0.2, 0) is 0 Å². The molecular weight excluding hydrogens is 204 g/mol. The van der Waals surface area contributed by atoms with Crippen LogP contribution in [0.3, 0.4) is 0 Å². The highest BCUT2D eigenvalue weighted by Gasteiger charge is 2.18. The number of hydrogen-bond donors (Lipinski definition) is 0. The molecule has 0 aromatic heterocycles. The normalized spacial score (nSPS) is 26.1. The predicted molar refractivity (Wildman–Crippen MR) is 80.2 cm³/mol. The van der Waals surface area contributed by atoms with Crippen LogP contribution >= 0.6 is 0 Å². The van der Waals surface area contributed by atoms with E-state index < -0.39 is 0 Å². The lowest BCUT2D eigenvalue weighted by Gasteiger charge is -2.26. The lowest BCUT2D eigenvalue weighted by molar-refractivity contribution is 0.320. The van der Waals surface area contributed by atoms with Crippen molar-refractivity contribution in [2.24, 2.45) is 11.8 Å². The van der Waals surface area contributed by atoms with Crippen molar-refractivity contribution in [2.75, 3.05) is 0 Å². The van der Waals surface area contributed by atoms with Crippen molar-refractivity contribution in [2.45, 2.75) is 60.3 Å². The quantitative estimate of drug-likeness (QED) is 0.532. The molecule has 0 aromatic rings. The first-order valence-electron chi connectivity index (χ1n) is 7.20. The predicted octanol–water partition coefficient (Wildman–Crippen LogP) is 5.92. The first kappa shape index (κ1) is 16.2. The van der Waals surface area contributed by atoms with Crippen LogP contribution in [-0.4, -0.2) is 0 Å². The molecule has 0 N–H and O–H groups in total. The van der Waals surface area contributed by atoms with Crippen molar-refractivity contribution >= 4 is 0 Å². The Kier molecular flexibility index (Phi) is 9.90. The Morgan fingerprint density at radius 1 is 0.941 bits per heavy atom. The van der Waals surface area contributed by atoms with Gasteiger partial charge in [-0.05, 0) is 38.5 Å². The molecule has 0 unspecified atom stereocenters. The van der Waals surface area contributed by atoms with Crippen LogP contribution in [0.15, 0.2) is 36.0 Å². The Balaban J connectivity index is 0.00000121. The van der Waals surface area contributed by atoms with Gasteiger partial charge in [-0.1, -0.05) is 69.6 Å². The zero-order valence-electron chi connectivity index (χ0n) is 12.4. The fourth-order valence-corrected chi connectivity index (χ4v) is 2.23. The first-order valence-corrected chi connectivity index (χ1v) is 7.20. The van der Waals surface area contributed by atoms with Gasteiger partial charge in [0.1, 0.15) is 0 Å². The van der Waals surface area contributed by atoms with E-state index >= 15 is 0 Å². The van der Waals surface area contributed by atoms with Crippen molar-refractivity contribution in [3.63, 3.8) is 0 Å². The van der Waals surface area contributed by atoms with E-state index in [1.165, 1.54) is 25.7 Å². The van der Waals surface area contributed by atoms with Gasteiger partial charge in [0.05, 0.1) is 0 Å². The summed E-state index contributed by atoms with van der Waals surface area (Å²) in [4.78, 5) is 0. The maximum atomic E-state index is 2.38. The molecule has 0 amide bonds. The average molecular weight is 234 g/mol. The summed E-state index contributed by atoms with van der Waals surface area (Å²) < 4.78 is 0. The smallest absolute Gasteiger partial charge is 0.0203 e. The number of allylic oxidation sites excluding steroid dienone is 6. The molecular formula is C17H30.